The Morgan fingerprint density at radius 2 is 1.41 bits per heavy atom. The summed E-state index contributed by atoms with van der Waals surface area (Å²) in [5, 5.41) is 1.81. The van der Waals surface area contributed by atoms with Crippen molar-refractivity contribution in [2.24, 2.45) is 0 Å². The zero-order chi connectivity index (χ0) is 12.6. The van der Waals surface area contributed by atoms with Crippen LogP contribution < -0.4 is 0 Å². The van der Waals surface area contributed by atoms with Gasteiger partial charge in [0.05, 0.1) is 20.1 Å². The van der Waals surface area contributed by atoms with Crippen LogP contribution in [0.4, 0.5) is 0 Å². The number of hydrogen-bond acceptors (Lipinski definition) is 1. The lowest BCUT2D eigenvalue weighted by Crippen LogP contribution is -1.85. The van der Waals surface area contributed by atoms with E-state index in [1.807, 2.05) is 0 Å². The fraction of sp³-hybridized carbons (Fsp3) is 0. The summed E-state index contributed by atoms with van der Waals surface area (Å²) in [6.07, 6.45) is 1.46. The predicted molar refractivity (Wildman–Crippen MR) is 74.7 cm³/mol. The summed E-state index contributed by atoms with van der Waals surface area (Å²) in [6, 6.07) is 5.01. The molecule has 1 heterocycles. The highest BCUT2D eigenvalue weighted by Gasteiger charge is 2.11. The van der Waals surface area contributed by atoms with Crippen molar-refractivity contribution in [3.05, 3.63) is 49.6 Å². The van der Waals surface area contributed by atoms with Crippen molar-refractivity contribution in [3.8, 4) is 11.1 Å². The van der Waals surface area contributed by atoms with Crippen molar-refractivity contribution in [2.75, 3.05) is 0 Å². The van der Waals surface area contributed by atoms with E-state index in [1.54, 1.807) is 18.2 Å². The van der Waals surface area contributed by atoms with Gasteiger partial charge in [-0.3, -0.25) is 0 Å². The van der Waals surface area contributed by atoms with Gasteiger partial charge >= 0.3 is 0 Å². The second kappa shape index (κ2) is 5.21. The standard InChI is InChI=1S/C11H4Cl5N/c12-6-3-7(11(16)17-4-6)5-1-8(13)10(15)9(14)2-5/h1-4H. The molecule has 17 heavy (non-hydrogen) atoms. The Bertz CT molecular complexity index is 559. The first-order valence-corrected chi connectivity index (χ1v) is 6.34. The Balaban J connectivity index is 2.64. The lowest BCUT2D eigenvalue weighted by atomic mass is 10.1. The summed E-state index contributed by atoms with van der Waals surface area (Å²) < 4.78 is 0. The lowest BCUT2D eigenvalue weighted by Gasteiger charge is -2.07. The molecule has 0 saturated heterocycles. The van der Waals surface area contributed by atoms with Crippen LogP contribution in [0.5, 0.6) is 0 Å². The van der Waals surface area contributed by atoms with Crippen LogP contribution in [0.25, 0.3) is 11.1 Å². The van der Waals surface area contributed by atoms with Gasteiger partial charge in [0.1, 0.15) is 5.15 Å². The Morgan fingerprint density at radius 3 is 2.00 bits per heavy atom. The van der Waals surface area contributed by atoms with Gasteiger partial charge in [-0.05, 0) is 23.8 Å². The molecule has 0 radical (unpaired) electrons. The third kappa shape index (κ3) is 2.81. The maximum absolute atomic E-state index is 5.99. The van der Waals surface area contributed by atoms with Crippen LogP contribution in [-0.4, -0.2) is 4.98 Å². The van der Waals surface area contributed by atoms with Crippen molar-refractivity contribution < 1.29 is 0 Å². The molecule has 0 atom stereocenters. The van der Waals surface area contributed by atoms with E-state index in [0.29, 0.717) is 36.4 Å². The van der Waals surface area contributed by atoms with Crippen LogP contribution in [0.3, 0.4) is 0 Å². The van der Waals surface area contributed by atoms with Gasteiger partial charge in [0.15, 0.2) is 0 Å². The third-order valence-electron chi connectivity index (χ3n) is 2.10. The quantitative estimate of drug-likeness (QED) is 0.461. The minimum atomic E-state index is 0.309. The van der Waals surface area contributed by atoms with Gasteiger partial charge in [0.2, 0.25) is 0 Å². The molecule has 0 aliphatic heterocycles. The molecule has 0 N–H and O–H groups in total. The number of rotatable bonds is 1. The van der Waals surface area contributed by atoms with Crippen LogP contribution in [0, 0.1) is 0 Å². The molecular formula is C11H4Cl5N. The fourth-order valence-corrected chi connectivity index (χ4v) is 2.30. The fourth-order valence-electron chi connectivity index (χ4n) is 1.34. The zero-order valence-corrected chi connectivity index (χ0v) is 11.9. The Kier molecular flexibility index (Phi) is 4.06. The predicted octanol–water partition coefficient (Wildman–Crippen LogP) is 6.02. The number of benzene rings is 1. The number of pyridine rings is 1. The van der Waals surface area contributed by atoms with Crippen LogP contribution in [0.2, 0.25) is 25.2 Å². The first-order valence-electron chi connectivity index (χ1n) is 4.45. The molecule has 1 aromatic heterocycles. The molecule has 0 bridgehead atoms. The molecule has 2 rings (SSSR count). The van der Waals surface area contributed by atoms with E-state index in [1.165, 1.54) is 6.20 Å². The van der Waals surface area contributed by atoms with Crippen LogP contribution in [0.1, 0.15) is 0 Å². The van der Waals surface area contributed by atoms with Gasteiger partial charge in [-0.1, -0.05) is 58.0 Å². The molecular weight excluding hydrogens is 323 g/mol. The van der Waals surface area contributed by atoms with E-state index in [2.05, 4.69) is 4.98 Å². The van der Waals surface area contributed by atoms with E-state index in [9.17, 15) is 0 Å². The molecule has 6 heteroatoms. The van der Waals surface area contributed by atoms with Crippen molar-refractivity contribution in [1.29, 1.82) is 0 Å². The molecule has 2 aromatic rings. The minimum absolute atomic E-state index is 0.309. The highest BCUT2D eigenvalue weighted by atomic mass is 35.5. The number of hydrogen-bond donors (Lipinski definition) is 0. The summed E-state index contributed by atoms with van der Waals surface area (Å²) in [5.41, 5.74) is 1.36. The molecule has 0 saturated carbocycles. The first kappa shape index (κ1) is 13.3. The van der Waals surface area contributed by atoms with Crippen molar-refractivity contribution in [2.45, 2.75) is 0 Å². The van der Waals surface area contributed by atoms with Gasteiger partial charge in [-0.15, -0.1) is 0 Å². The number of halogens is 5. The second-order valence-corrected chi connectivity index (χ2v) is 5.23. The minimum Gasteiger partial charge on any atom is -0.242 e. The largest absolute Gasteiger partial charge is 0.242 e. The first-order chi connectivity index (χ1) is 7.99. The van der Waals surface area contributed by atoms with Crippen molar-refractivity contribution in [1.82, 2.24) is 4.98 Å². The van der Waals surface area contributed by atoms with Crippen molar-refractivity contribution in [3.63, 3.8) is 0 Å². The highest BCUT2D eigenvalue weighted by Crippen LogP contribution is 2.37. The van der Waals surface area contributed by atoms with E-state index < -0.39 is 0 Å². The van der Waals surface area contributed by atoms with E-state index in [-0.39, 0.29) is 0 Å². The normalized spacial score (nSPS) is 10.6. The third-order valence-corrected chi connectivity index (χ3v) is 3.81. The van der Waals surface area contributed by atoms with E-state index in [4.69, 9.17) is 58.0 Å². The highest BCUT2D eigenvalue weighted by molar-refractivity contribution is 6.48. The molecule has 0 spiro atoms. The summed E-state index contributed by atoms with van der Waals surface area (Å²) in [4.78, 5) is 3.95. The topological polar surface area (TPSA) is 12.9 Å². The van der Waals surface area contributed by atoms with Crippen LogP contribution >= 0.6 is 58.0 Å². The van der Waals surface area contributed by atoms with Crippen LogP contribution in [0.15, 0.2) is 24.4 Å². The summed E-state index contributed by atoms with van der Waals surface area (Å²) in [5.74, 6) is 0. The second-order valence-electron chi connectivity index (χ2n) is 3.25. The average molecular weight is 327 g/mol. The number of nitrogens with zero attached hydrogens (tertiary/aromatic N) is 1. The van der Waals surface area contributed by atoms with E-state index >= 15 is 0 Å². The monoisotopic (exact) mass is 325 g/mol. The maximum atomic E-state index is 5.99. The van der Waals surface area contributed by atoms with Gasteiger partial charge in [0, 0.05) is 11.8 Å². The molecule has 88 valence electrons. The smallest absolute Gasteiger partial charge is 0.136 e. The summed E-state index contributed by atoms with van der Waals surface area (Å²) >= 11 is 29.6. The Labute approximate surface area is 123 Å². The molecule has 1 nitrogen and oxygen atoms in total. The van der Waals surface area contributed by atoms with Gasteiger partial charge in [0.25, 0.3) is 0 Å². The average Bonchev–Trinajstić information content (AvgIpc) is 2.28. The molecule has 0 amide bonds. The maximum Gasteiger partial charge on any atom is 0.136 e. The van der Waals surface area contributed by atoms with Crippen LogP contribution in [-0.2, 0) is 0 Å². The zero-order valence-electron chi connectivity index (χ0n) is 8.15. The molecule has 0 fully saturated rings. The van der Waals surface area contributed by atoms with Gasteiger partial charge < -0.3 is 0 Å². The Morgan fingerprint density at radius 1 is 0.824 bits per heavy atom. The molecule has 1 aromatic carbocycles. The van der Waals surface area contributed by atoms with Gasteiger partial charge in [-0.2, -0.15) is 0 Å². The number of aromatic nitrogens is 1. The summed E-state index contributed by atoms with van der Waals surface area (Å²) in [7, 11) is 0. The Hall–Kier alpha value is -0.180. The lowest BCUT2D eigenvalue weighted by molar-refractivity contribution is 1.33. The molecule has 0 aliphatic rings. The van der Waals surface area contributed by atoms with E-state index in [0.717, 1.165) is 0 Å². The SMILES string of the molecule is Clc1cnc(Cl)c(-c2cc(Cl)c(Cl)c(Cl)c2)c1. The van der Waals surface area contributed by atoms with Gasteiger partial charge in [-0.25, -0.2) is 4.98 Å². The molecule has 0 aliphatic carbocycles. The van der Waals surface area contributed by atoms with Crippen molar-refractivity contribution >= 4 is 58.0 Å². The molecule has 0 unspecified atom stereocenters. The summed E-state index contributed by atoms with van der Waals surface area (Å²) in [6.45, 7) is 0.